The zero-order valence-corrected chi connectivity index (χ0v) is 12.1. The zero-order valence-electron chi connectivity index (χ0n) is 11.2. The van der Waals surface area contributed by atoms with Gasteiger partial charge < -0.3 is 10.4 Å². The number of aliphatic hydroxyl groups excluding tert-OH is 1. The molecular weight excluding hydrogens is 270 g/mol. The normalized spacial score (nSPS) is 11.9. The molecule has 104 valence electrons. The third kappa shape index (κ3) is 3.85. The Morgan fingerprint density at radius 3 is 2.40 bits per heavy atom. The first kappa shape index (κ1) is 14.6. The molecule has 0 saturated carbocycles. The molecule has 1 unspecified atom stereocenters. The highest BCUT2D eigenvalue weighted by molar-refractivity contribution is 7.98. The number of hydrogen-bond donors (Lipinski definition) is 2. The van der Waals surface area contributed by atoms with Gasteiger partial charge in [-0.3, -0.25) is 4.79 Å². The molecule has 1 atom stereocenters. The van der Waals surface area contributed by atoms with Crippen LogP contribution >= 0.6 is 11.8 Å². The molecule has 0 saturated heterocycles. The summed E-state index contributed by atoms with van der Waals surface area (Å²) >= 11 is 1.65. The number of nitrogens with one attached hydrogen (secondary N) is 1. The van der Waals surface area contributed by atoms with Crippen LogP contribution < -0.4 is 5.32 Å². The van der Waals surface area contributed by atoms with Crippen molar-refractivity contribution in [2.45, 2.75) is 11.0 Å². The summed E-state index contributed by atoms with van der Waals surface area (Å²) in [6.45, 7) is 0.201. The Bertz CT molecular complexity index is 554. The molecule has 0 aliphatic carbocycles. The van der Waals surface area contributed by atoms with Gasteiger partial charge in [0, 0.05) is 17.0 Å². The molecule has 0 aliphatic heterocycles. The minimum Gasteiger partial charge on any atom is -0.387 e. The van der Waals surface area contributed by atoms with E-state index in [-0.39, 0.29) is 12.5 Å². The number of rotatable bonds is 5. The average Bonchev–Trinajstić information content (AvgIpc) is 2.53. The van der Waals surface area contributed by atoms with Crippen molar-refractivity contribution in [3.63, 3.8) is 0 Å². The lowest BCUT2D eigenvalue weighted by molar-refractivity contribution is 0.0916. The molecule has 0 heterocycles. The lowest BCUT2D eigenvalue weighted by atomic mass is 10.1. The predicted octanol–water partition coefficient (Wildman–Crippen LogP) is 2.87. The van der Waals surface area contributed by atoms with Crippen LogP contribution in [0.15, 0.2) is 59.5 Å². The van der Waals surface area contributed by atoms with Crippen molar-refractivity contribution >= 4 is 17.7 Å². The highest BCUT2D eigenvalue weighted by atomic mass is 32.2. The summed E-state index contributed by atoms with van der Waals surface area (Å²) in [5, 5.41) is 12.8. The molecule has 0 radical (unpaired) electrons. The van der Waals surface area contributed by atoms with Gasteiger partial charge in [-0.25, -0.2) is 0 Å². The van der Waals surface area contributed by atoms with Gasteiger partial charge in [-0.2, -0.15) is 0 Å². The highest BCUT2D eigenvalue weighted by Crippen LogP contribution is 2.18. The van der Waals surface area contributed by atoms with Gasteiger partial charge in [0.2, 0.25) is 0 Å². The van der Waals surface area contributed by atoms with Crippen molar-refractivity contribution in [1.29, 1.82) is 0 Å². The second kappa shape index (κ2) is 7.12. The molecule has 0 fully saturated rings. The van der Waals surface area contributed by atoms with Crippen molar-refractivity contribution in [2.24, 2.45) is 0 Å². The summed E-state index contributed by atoms with van der Waals surface area (Å²) < 4.78 is 0. The van der Waals surface area contributed by atoms with Gasteiger partial charge in [0.1, 0.15) is 0 Å². The van der Waals surface area contributed by atoms with Crippen molar-refractivity contribution in [3.05, 3.63) is 65.7 Å². The smallest absolute Gasteiger partial charge is 0.251 e. The summed E-state index contributed by atoms with van der Waals surface area (Å²) in [5.74, 6) is -0.176. The van der Waals surface area contributed by atoms with E-state index in [1.807, 2.05) is 48.7 Å². The maximum absolute atomic E-state index is 11.9. The van der Waals surface area contributed by atoms with Crippen molar-refractivity contribution in [3.8, 4) is 0 Å². The van der Waals surface area contributed by atoms with Crippen LogP contribution in [-0.4, -0.2) is 23.8 Å². The molecule has 2 aromatic rings. The van der Waals surface area contributed by atoms with Crippen LogP contribution in [0.4, 0.5) is 0 Å². The van der Waals surface area contributed by atoms with Crippen LogP contribution in [0.25, 0.3) is 0 Å². The van der Waals surface area contributed by atoms with E-state index in [0.29, 0.717) is 5.56 Å². The quantitative estimate of drug-likeness (QED) is 0.831. The van der Waals surface area contributed by atoms with Crippen LogP contribution in [0.3, 0.4) is 0 Å². The van der Waals surface area contributed by atoms with Gasteiger partial charge in [0.15, 0.2) is 0 Å². The second-order valence-electron chi connectivity index (χ2n) is 4.37. The number of carbonyl (C=O) groups is 1. The Morgan fingerprint density at radius 2 is 1.80 bits per heavy atom. The van der Waals surface area contributed by atoms with Crippen LogP contribution in [0.1, 0.15) is 22.0 Å². The van der Waals surface area contributed by atoms with Gasteiger partial charge >= 0.3 is 0 Å². The summed E-state index contributed by atoms with van der Waals surface area (Å²) in [7, 11) is 0. The van der Waals surface area contributed by atoms with E-state index in [2.05, 4.69) is 5.32 Å². The van der Waals surface area contributed by atoms with E-state index in [0.717, 1.165) is 10.5 Å². The Balaban J connectivity index is 1.91. The third-order valence-electron chi connectivity index (χ3n) is 2.99. The summed E-state index contributed by atoms with van der Waals surface area (Å²) in [4.78, 5) is 13.0. The minimum atomic E-state index is -0.696. The summed E-state index contributed by atoms with van der Waals surface area (Å²) in [5.41, 5.74) is 1.40. The van der Waals surface area contributed by atoms with Crippen molar-refractivity contribution in [2.75, 3.05) is 12.8 Å². The number of aliphatic hydroxyl groups is 1. The topological polar surface area (TPSA) is 49.3 Å². The lowest BCUT2D eigenvalue weighted by Gasteiger charge is -2.12. The molecule has 2 aromatic carbocycles. The number of amides is 1. The molecule has 0 aliphatic rings. The fraction of sp³-hybridized carbons (Fsp3) is 0.188. The molecule has 2 N–H and O–H groups in total. The first-order chi connectivity index (χ1) is 9.70. The van der Waals surface area contributed by atoms with Crippen LogP contribution in [0.5, 0.6) is 0 Å². The van der Waals surface area contributed by atoms with Gasteiger partial charge in [-0.05, 0) is 36.1 Å². The Kier molecular flexibility index (Phi) is 5.21. The third-order valence-corrected chi connectivity index (χ3v) is 3.74. The number of carbonyl (C=O) groups excluding carboxylic acids is 1. The van der Waals surface area contributed by atoms with E-state index in [1.165, 1.54) is 0 Å². The Hall–Kier alpha value is -1.78. The Morgan fingerprint density at radius 1 is 1.15 bits per heavy atom. The number of hydrogen-bond acceptors (Lipinski definition) is 3. The van der Waals surface area contributed by atoms with Crippen LogP contribution in [0.2, 0.25) is 0 Å². The number of benzene rings is 2. The monoisotopic (exact) mass is 287 g/mol. The molecule has 4 heteroatoms. The second-order valence-corrected chi connectivity index (χ2v) is 5.24. The van der Waals surface area contributed by atoms with E-state index in [9.17, 15) is 9.90 Å². The lowest BCUT2D eigenvalue weighted by Crippen LogP contribution is -2.28. The minimum absolute atomic E-state index is 0.176. The fourth-order valence-corrected chi connectivity index (χ4v) is 2.23. The molecule has 0 spiro atoms. The highest BCUT2D eigenvalue weighted by Gasteiger charge is 2.10. The van der Waals surface area contributed by atoms with Crippen molar-refractivity contribution < 1.29 is 9.90 Å². The maximum Gasteiger partial charge on any atom is 0.251 e. The fourth-order valence-electron chi connectivity index (χ4n) is 1.82. The maximum atomic E-state index is 11.9. The Labute approximate surface area is 123 Å². The molecule has 1 amide bonds. The number of thioether (sulfide) groups is 1. The largest absolute Gasteiger partial charge is 0.387 e. The van der Waals surface area contributed by atoms with Crippen LogP contribution in [-0.2, 0) is 0 Å². The van der Waals surface area contributed by atoms with Gasteiger partial charge in [0.05, 0.1) is 6.10 Å². The first-order valence-corrected chi connectivity index (χ1v) is 7.58. The SMILES string of the molecule is CSc1ccc(C(O)CNC(=O)c2ccccc2)cc1. The van der Waals surface area contributed by atoms with Gasteiger partial charge in [0.25, 0.3) is 5.91 Å². The molecule has 0 aromatic heterocycles. The van der Waals surface area contributed by atoms with Gasteiger partial charge in [-0.1, -0.05) is 30.3 Å². The molecule has 0 bridgehead atoms. The van der Waals surface area contributed by atoms with Crippen LogP contribution in [0, 0.1) is 0 Å². The molecule has 3 nitrogen and oxygen atoms in total. The molecular formula is C16H17NO2S. The molecule has 2 rings (SSSR count). The first-order valence-electron chi connectivity index (χ1n) is 6.36. The van der Waals surface area contributed by atoms with E-state index in [4.69, 9.17) is 0 Å². The zero-order chi connectivity index (χ0) is 14.4. The average molecular weight is 287 g/mol. The van der Waals surface area contributed by atoms with Crippen molar-refractivity contribution in [1.82, 2.24) is 5.32 Å². The standard InChI is InChI=1S/C16H17NO2S/c1-20-14-9-7-12(8-10-14)15(18)11-17-16(19)13-5-3-2-4-6-13/h2-10,15,18H,11H2,1H3,(H,17,19). The molecule has 20 heavy (non-hydrogen) atoms. The predicted molar refractivity (Wildman–Crippen MR) is 82.0 cm³/mol. The van der Waals surface area contributed by atoms with E-state index < -0.39 is 6.10 Å². The van der Waals surface area contributed by atoms with E-state index in [1.54, 1.807) is 23.9 Å². The van der Waals surface area contributed by atoms with E-state index >= 15 is 0 Å². The summed E-state index contributed by atoms with van der Waals surface area (Å²) in [6, 6.07) is 16.7. The van der Waals surface area contributed by atoms with Gasteiger partial charge in [-0.15, -0.1) is 11.8 Å². The summed E-state index contributed by atoms with van der Waals surface area (Å²) in [6.07, 6.45) is 1.31.